The van der Waals surface area contributed by atoms with Crippen molar-refractivity contribution in [3.8, 4) is 0 Å². The molecule has 2 nitrogen and oxygen atoms in total. The third kappa shape index (κ3) is 3.07. The Labute approximate surface area is 122 Å². The highest BCUT2D eigenvalue weighted by Crippen LogP contribution is 2.49. The first kappa shape index (κ1) is 14.1. The fourth-order valence-electron chi connectivity index (χ4n) is 4.26. The Bertz CT molecular complexity index is 428. The van der Waals surface area contributed by atoms with E-state index in [0.29, 0.717) is 12.6 Å². The smallest absolute Gasteiger partial charge is 0.0713 e. The maximum Gasteiger partial charge on any atom is 0.0713 e. The van der Waals surface area contributed by atoms with Crippen LogP contribution in [0.25, 0.3) is 0 Å². The Hall–Kier alpha value is -0.860. The molecule has 2 saturated carbocycles. The standard InChI is InChI=1S/C18H27NO/c1-13(18-10-16-7-8-17(18)9-16)19-11-14-3-5-15(6-4-14)12-20-2/h3-6,13,16-19H,7-12H2,1-2H3. The molecule has 4 atom stereocenters. The van der Waals surface area contributed by atoms with Gasteiger partial charge in [0, 0.05) is 19.7 Å². The summed E-state index contributed by atoms with van der Waals surface area (Å²) in [5.74, 6) is 2.97. The zero-order chi connectivity index (χ0) is 13.9. The zero-order valence-corrected chi connectivity index (χ0v) is 12.8. The van der Waals surface area contributed by atoms with Crippen molar-refractivity contribution in [2.75, 3.05) is 7.11 Å². The van der Waals surface area contributed by atoms with E-state index in [1.54, 1.807) is 7.11 Å². The average molecular weight is 273 g/mol. The topological polar surface area (TPSA) is 21.3 Å². The lowest BCUT2D eigenvalue weighted by Gasteiger charge is -2.28. The number of nitrogens with one attached hydrogen (secondary N) is 1. The van der Waals surface area contributed by atoms with Crippen molar-refractivity contribution >= 4 is 0 Å². The maximum atomic E-state index is 5.15. The second-order valence-electron chi connectivity index (χ2n) is 6.76. The number of methoxy groups -OCH3 is 1. The summed E-state index contributed by atoms with van der Waals surface area (Å²) in [5.41, 5.74) is 2.62. The minimum atomic E-state index is 0.656. The van der Waals surface area contributed by atoms with Crippen LogP contribution in [0.5, 0.6) is 0 Å². The van der Waals surface area contributed by atoms with Crippen molar-refractivity contribution in [1.82, 2.24) is 5.32 Å². The normalized spacial score (nSPS) is 29.8. The summed E-state index contributed by atoms with van der Waals surface area (Å²) in [4.78, 5) is 0. The van der Waals surface area contributed by atoms with Gasteiger partial charge in [-0.3, -0.25) is 0 Å². The van der Waals surface area contributed by atoms with E-state index in [1.165, 1.54) is 36.8 Å². The lowest BCUT2D eigenvalue weighted by Crippen LogP contribution is -2.35. The van der Waals surface area contributed by atoms with Gasteiger partial charge in [-0.15, -0.1) is 0 Å². The van der Waals surface area contributed by atoms with E-state index in [-0.39, 0.29) is 0 Å². The number of fused-ring (bicyclic) bond motifs is 2. The van der Waals surface area contributed by atoms with Crippen molar-refractivity contribution < 1.29 is 4.74 Å². The molecule has 0 heterocycles. The van der Waals surface area contributed by atoms with E-state index < -0.39 is 0 Å². The number of rotatable bonds is 6. The second kappa shape index (κ2) is 6.28. The minimum Gasteiger partial charge on any atom is -0.380 e. The summed E-state index contributed by atoms with van der Waals surface area (Å²) in [5, 5.41) is 3.75. The second-order valence-corrected chi connectivity index (χ2v) is 6.76. The van der Waals surface area contributed by atoms with Crippen LogP contribution in [0, 0.1) is 17.8 Å². The molecule has 2 aliphatic carbocycles. The van der Waals surface area contributed by atoms with Gasteiger partial charge in [0.05, 0.1) is 6.61 Å². The Morgan fingerprint density at radius 3 is 2.50 bits per heavy atom. The van der Waals surface area contributed by atoms with E-state index in [1.807, 2.05) is 0 Å². The summed E-state index contributed by atoms with van der Waals surface area (Å²) in [7, 11) is 1.74. The predicted octanol–water partition coefficient (Wildman–Crippen LogP) is 3.75. The van der Waals surface area contributed by atoms with E-state index in [0.717, 1.165) is 24.3 Å². The van der Waals surface area contributed by atoms with E-state index in [4.69, 9.17) is 4.74 Å². The first-order chi connectivity index (χ1) is 9.76. The molecule has 0 radical (unpaired) electrons. The van der Waals surface area contributed by atoms with Gasteiger partial charge in [0.15, 0.2) is 0 Å². The maximum absolute atomic E-state index is 5.15. The molecule has 3 rings (SSSR count). The van der Waals surface area contributed by atoms with Crippen LogP contribution in [0.1, 0.15) is 43.7 Å². The average Bonchev–Trinajstić information content (AvgIpc) is 3.09. The summed E-state index contributed by atoms with van der Waals surface area (Å²) < 4.78 is 5.15. The summed E-state index contributed by atoms with van der Waals surface area (Å²) in [6, 6.07) is 9.43. The highest BCUT2D eigenvalue weighted by molar-refractivity contribution is 5.22. The first-order valence-corrected chi connectivity index (χ1v) is 8.06. The molecule has 0 aromatic heterocycles. The molecule has 2 fully saturated rings. The van der Waals surface area contributed by atoms with Crippen LogP contribution in [0.3, 0.4) is 0 Å². The van der Waals surface area contributed by atoms with Gasteiger partial charge in [-0.1, -0.05) is 30.7 Å². The van der Waals surface area contributed by atoms with E-state index in [9.17, 15) is 0 Å². The third-order valence-electron chi connectivity index (χ3n) is 5.40. The van der Waals surface area contributed by atoms with Crippen LogP contribution in [0.2, 0.25) is 0 Å². The molecular weight excluding hydrogens is 246 g/mol. The van der Waals surface area contributed by atoms with Crippen LogP contribution in [0.15, 0.2) is 24.3 Å². The summed E-state index contributed by atoms with van der Waals surface area (Å²) >= 11 is 0. The number of benzene rings is 1. The molecule has 20 heavy (non-hydrogen) atoms. The highest BCUT2D eigenvalue weighted by atomic mass is 16.5. The van der Waals surface area contributed by atoms with E-state index >= 15 is 0 Å². The van der Waals surface area contributed by atoms with Gasteiger partial charge in [-0.05, 0) is 55.1 Å². The molecule has 2 bridgehead atoms. The van der Waals surface area contributed by atoms with Gasteiger partial charge in [0.1, 0.15) is 0 Å². The first-order valence-electron chi connectivity index (χ1n) is 8.06. The van der Waals surface area contributed by atoms with Crippen molar-refractivity contribution in [3.05, 3.63) is 35.4 Å². The van der Waals surface area contributed by atoms with E-state index in [2.05, 4.69) is 36.5 Å². The van der Waals surface area contributed by atoms with Crippen molar-refractivity contribution in [1.29, 1.82) is 0 Å². The SMILES string of the molecule is COCc1ccc(CNC(C)C2CC3CCC2C3)cc1. The molecule has 4 unspecified atom stereocenters. The molecular formula is C18H27NO. The quantitative estimate of drug-likeness (QED) is 0.852. The Morgan fingerprint density at radius 2 is 1.90 bits per heavy atom. The number of ether oxygens (including phenoxy) is 1. The molecule has 1 aromatic carbocycles. The molecule has 1 N–H and O–H groups in total. The monoisotopic (exact) mass is 273 g/mol. The Kier molecular flexibility index (Phi) is 4.42. The third-order valence-corrected chi connectivity index (χ3v) is 5.40. The van der Waals surface area contributed by atoms with Gasteiger partial charge in [-0.2, -0.15) is 0 Å². The largest absolute Gasteiger partial charge is 0.380 e. The number of hydrogen-bond donors (Lipinski definition) is 1. The lowest BCUT2D eigenvalue weighted by atomic mass is 9.84. The van der Waals surface area contributed by atoms with Crippen LogP contribution in [0.4, 0.5) is 0 Å². The van der Waals surface area contributed by atoms with Crippen molar-refractivity contribution in [3.63, 3.8) is 0 Å². The summed E-state index contributed by atoms with van der Waals surface area (Å²) in [6.07, 6.45) is 5.94. The molecule has 2 aliphatic rings. The predicted molar refractivity (Wildman–Crippen MR) is 82.4 cm³/mol. The molecule has 0 amide bonds. The van der Waals surface area contributed by atoms with Gasteiger partial charge in [-0.25, -0.2) is 0 Å². The van der Waals surface area contributed by atoms with Gasteiger partial charge < -0.3 is 10.1 Å². The molecule has 0 aliphatic heterocycles. The molecule has 2 heteroatoms. The highest BCUT2D eigenvalue weighted by Gasteiger charge is 2.41. The molecule has 1 aromatic rings. The van der Waals surface area contributed by atoms with Crippen LogP contribution < -0.4 is 5.32 Å². The van der Waals surface area contributed by atoms with Crippen molar-refractivity contribution in [2.24, 2.45) is 17.8 Å². The van der Waals surface area contributed by atoms with Gasteiger partial charge in [0.25, 0.3) is 0 Å². The number of hydrogen-bond acceptors (Lipinski definition) is 2. The molecule has 110 valence electrons. The van der Waals surface area contributed by atoms with Crippen LogP contribution in [-0.4, -0.2) is 13.2 Å². The minimum absolute atomic E-state index is 0.656. The summed E-state index contributed by atoms with van der Waals surface area (Å²) in [6.45, 7) is 4.07. The molecule has 0 saturated heterocycles. The Morgan fingerprint density at radius 1 is 1.15 bits per heavy atom. The lowest BCUT2D eigenvalue weighted by molar-refractivity contribution is 0.185. The van der Waals surface area contributed by atoms with Gasteiger partial charge >= 0.3 is 0 Å². The molecule has 0 spiro atoms. The fourth-order valence-corrected chi connectivity index (χ4v) is 4.26. The van der Waals surface area contributed by atoms with Crippen LogP contribution in [-0.2, 0) is 17.9 Å². The van der Waals surface area contributed by atoms with Crippen LogP contribution >= 0.6 is 0 Å². The fraction of sp³-hybridized carbons (Fsp3) is 0.667. The zero-order valence-electron chi connectivity index (χ0n) is 12.8. The van der Waals surface area contributed by atoms with Gasteiger partial charge in [0.2, 0.25) is 0 Å². The Balaban J connectivity index is 1.49. The van der Waals surface area contributed by atoms with Crippen molar-refractivity contribution in [2.45, 2.75) is 51.8 Å².